The Morgan fingerprint density at radius 3 is 1.66 bits per heavy atom. The van der Waals surface area contributed by atoms with E-state index in [9.17, 15) is 0 Å². The fraction of sp³-hybridized carbons (Fsp3) is 0.296. The maximum Gasteiger partial charge on any atom is 0.209 e. The summed E-state index contributed by atoms with van der Waals surface area (Å²) in [7, 11) is -3.22. The molecule has 0 saturated carbocycles. The second-order valence-corrected chi connectivity index (χ2v) is 12.2. The molecule has 0 bridgehead atoms. The van der Waals surface area contributed by atoms with Crippen LogP contribution in [0.5, 0.6) is 0 Å². The van der Waals surface area contributed by atoms with Crippen LogP contribution in [0.3, 0.4) is 0 Å². The highest BCUT2D eigenvalue weighted by Crippen LogP contribution is 2.73. The second kappa shape index (κ2) is 7.16. The molecule has 2 heterocycles. The molecule has 5 rings (SSSR count). The molecule has 0 radical (unpaired) electrons. The average Bonchev–Trinajstić information content (AvgIpc) is 3.12. The van der Waals surface area contributed by atoms with Crippen LogP contribution in [0.4, 0.5) is 0 Å². The Bertz CT molecular complexity index is 1170. The summed E-state index contributed by atoms with van der Waals surface area (Å²) in [5.41, 5.74) is -0.392. The third-order valence-corrected chi connectivity index (χ3v) is 10.3. The van der Waals surface area contributed by atoms with Crippen molar-refractivity contribution in [3.63, 3.8) is 0 Å². The first-order valence-electron chi connectivity index (χ1n) is 11.1. The normalized spacial score (nSPS) is 28.6. The fourth-order valence-electron chi connectivity index (χ4n) is 5.09. The Morgan fingerprint density at radius 2 is 1.22 bits per heavy atom. The summed E-state index contributed by atoms with van der Waals surface area (Å²) in [6.45, 7) is 8.96. The Balaban J connectivity index is 1.77. The summed E-state index contributed by atoms with van der Waals surface area (Å²) < 4.78 is 23.7. The van der Waals surface area contributed by atoms with Gasteiger partial charge in [0, 0.05) is 10.6 Å². The van der Waals surface area contributed by atoms with Crippen molar-refractivity contribution in [1.82, 2.24) is 4.67 Å². The lowest BCUT2D eigenvalue weighted by molar-refractivity contribution is 0.267. The maximum atomic E-state index is 15.3. The Morgan fingerprint density at radius 1 is 0.750 bits per heavy atom. The van der Waals surface area contributed by atoms with Crippen LogP contribution in [0, 0.1) is 0 Å². The summed E-state index contributed by atoms with van der Waals surface area (Å²) in [6, 6.07) is 29.9. The zero-order valence-corrected chi connectivity index (χ0v) is 19.9. The van der Waals surface area contributed by atoms with Gasteiger partial charge in [0.15, 0.2) is 0 Å². The van der Waals surface area contributed by atoms with E-state index in [0.717, 1.165) is 16.2 Å². The topological polar surface area (TPSA) is 41.7 Å². The molecule has 3 aromatic carbocycles. The van der Waals surface area contributed by atoms with Crippen LogP contribution >= 0.6 is 7.29 Å². The van der Waals surface area contributed by atoms with E-state index >= 15 is 4.57 Å². The molecule has 4 nitrogen and oxygen atoms in total. The van der Waals surface area contributed by atoms with Crippen molar-refractivity contribution in [3.05, 3.63) is 96.6 Å². The third-order valence-electron chi connectivity index (χ3n) is 6.96. The molecule has 2 aliphatic heterocycles. The molecular weight excluding hydrogens is 415 g/mol. The number of ether oxygens (including phenoxy) is 1. The van der Waals surface area contributed by atoms with Crippen LogP contribution in [0.25, 0.3) is 0 Å². The molecular formula is C27H29N2O2P. The van der Waals surface area contributed by atoms with Crippen LogP contribution in [-0.4, -0.2) is 28.3 Å². The van der Waals surface area contributed by atoms with Gasteiger partial charge in [-0.05, 0) is 57.5 Å². The van der Waals surface area contributed by atoms with Crippen LogP contribution in [0.2, 0.25) is 0 Å². The minimum Gasteiger partial charge on any atom is -0.477 e. The molecule has 0 spiro atoms. The molecule has 1 unspecified atom stereocenters. The van der Waals surface area contributed by atoms with Crippen molar-refractivity contribution < 1.29 is 9.30 Å². The number of rotatable bonds is 5. The summed E-state index contributed by atoms with van der Waals surface area (Å²) >= 11 is 0. The van der Waals surface area contributed by atoms with Crippen molar-refractivity contribution in [2.75, 3.05) is 6.61 Å². The van der Waals surface area contributed by atoms with Gasteiger partial charge in [0.05, 0.1) is 11.1 Å². The fourth-order valence-corrected chi connectivity index (χ4v) is 8.68. The number of aliphatic imine (C=N–C) groups is 1. The first kappa shape index (κ1) is 21.2. The molecule has 2 aliphatic rings. The van der Waals surface area contributed by atoms with E-state index < -0.39 is 18.4 Å². The minimum absolute atomic E-state index is 0.298. The lowest BCUT2D eigenvalue weighted by Crippen LogP contribution is -2.31. The molecule has 32 heavy (non-hydrogen) atoms. The molecule has 1 saturated heterocycles. The molecule has 0 aromatic heterocycles. The van der Waals surface area contributed by atoms with E-state index in [1.165, 1.54) is 0 Å². The third kappa shape index (κ3) is 2.86. The molecule has 3 atom stereocenters. The lowest BCUT2D eigenvalue weighted by Gasteiger charge is -2.25. The van der Waals surface area contributed by atoms with E-state index in [-0.39, 0.29) is 5.54 Å². The molecule has 0 N–H and O–H groups in total. The van der Waals surface area contributed by atoms with Crippen molar-refractivity contribution in [3.8, 4) is 0 Å². The SMILES string of the molecule is CC1(C)COC([C@@]2(C)N(P(=O)(c3ccccc3)c3ccccc3)[C@@]2(C)c2ccccc2)=N1. The predicted octanol–water partition coefficient (Wildman–Crippen LogP) is 5.11. The van der Waals surface area contributed by atoms with Crippen LogP contribution in [0.1, 0.15) is 33.3 Å². The highest BCUT2D eigenvalue weighted by Gasteiger charge is 2.79. The largest absolute Gasteiger partial charge is 0.477 e. The van der Waals surface area contributed by atoms with Gasteiger partial charge in [0.2, 0.25) is 13.2 Å². The Hall–Kier alpha value is -2.68. The first-order valence-corrected chi connectivity index (χ1v) is 12.7. The quantitative estimate of drug-likeness (QED) is 0.406. The van der Waals surface area contributed by atoms with Crippen LogP contribution in [-0.2, 0) is 14.8 Å². The zero-order valence-electron chi connectivity index (χ0n) is 19.0. The number of benzene rings is 3. The molecule has 0 aliphatic carbocycles. The van der Waals surface area contributed by atoms with Crippen molar-refractivity contribution >= 4 is 23.8 Å². The van der Waals surface area contributed by atoms with Crippen LogP contribution in [0.15, 0.2) is 96.0 Å². The molecule has 0 amide bonds. The van der Waals surface area contributed by atoms with E-state index in [0.29, 0.717) is 12.5 Å². The number of hydrogen-bond acceptors (Lipinski definition) is 3. The second-order valence-electron chi connectivity index (χ2n) is 9.59. The summed E-state index contributed by atoms with van der Waals surface area (Å²) in [5, 5.41) is 1.63. The number of nitrogens with zero attached hydrogens (tertiary/aromatic N) is 2. The maximum absolute atomic E-state index is 15.3. The van der Waals surface area contributed by atoms with E-state index in [4.69, 9.17) is 9.73 Å². The molecule has 164 valence electrons. The van der Waals surface area contributed by atoms with Gasteiger partial charge in [0.25, 0.3) is 0 Å². The molecule has 3 aromatic rings. The Labute approximate surface area is 190 Å². The average molecular weight is 445 g/mol. The van der Waals surface area contributed by atoms with Gasteiger partial charge < -0.3 is 4.74 Å². The lowest BCUT2D eigenvalue weighted by atomic mass is 9.89. The van der Waals surface area contributed by atoms with Gasteiger partial charge in [-0.1, -0.05) is 66.7 Å². The number of hydrogen-bond donors (Lipinski definition) is 0. The highest BCUT2D eigenvalue weighted by molar-refractivity contribution is 7.77. The van der Waals surface area contributed by atoms with Crippen molar-refractivity contribution in [2.45, 2.75) is 44.3 Å². The molecule has 5 heteroatoms. The monoisotopic (exact) mass is 444 g/mol. The summed E-state index contributed by atoms with van der Waals surface area (Å²) in [4.78, 5) is 4.96. The van der Waals surface area contributed by atoms with Gasteiger partial charge in [-0.25, -0.2) is 9.66 Å². The van der Waals surface area contributed by atoms with Crippen LogP contribution < -0.4 is 10.6 Å². The Kier molecular flexibility index (Phi) is 4.74. The van der Waals surface area contributed by atoms with Gasteiger partial charge >= 0.3 is 0 Å². The van der Waals surface area contributed by atoms with Gasteiger partial charge in [0.1, 0.15) is 12.1 Å². The zero-order chi connectivity index (χ0) is 22.6. The first-order chi connectivity index (χ1) is 15.2. The summed E-state index contributed by atoms with van der Waals surface area (Å²) in [5.74, 6) is 0.668. The van der Waals surface area contributed by atoms with Crippen molar-refractivity contribution in [1.29, 1.82) is 0 Å². The predicted molar refractivity (Wildman–Crippen MR) is 131 cm³/mol. The summed E-state index contributed by atoms with van der Waals surface area (Å²) in [6.07, 6.45) is 0. The van der Waals surface area contributed by atoms with Gasteiger partial charge in [-0.15, -0.1) is 0 Å². The highest BCUT2D eigenvalue weighted by atomic mass is 31.2. The standard InChI is InChI=1S/C27H29N2O2P/c1-25(2)20-31-24(28-25)27(4)26(3,21-14-8-5-9-15-21)29(27)32(30,22-16-10-6-11-17-22)23-18-12-7-13-19-23/h5-19H,20H2,1-4H3/t26-,27+,29?/m0/s1. The van der Waals surface area contributed by atoms with Crippen molar-refractivity contribution in [2.24, 2.45) is 4.99 Å². The minimum atomic E-state index is -3.22. The van der Waals surface area contributed by atoms with E-state index in [2.05, 4.69) is 44.5 Å². The van der Waals surface area contributed by atoms with Gasteiger partial charge in [-0.3, -0.25) is 4.57 Å². The van der Waals surface area contributed by atoms with Gasteiger partial charge in [-0.2, -0.15) is 0 Å². The molecule has 1 fully saturated rings. The smallest absolute Gasteiger partial charge is 0.209 e. The van der Waals surface area contributed by atoms with E-state index in [1.54, 1.807) is 0 Å². The van der Waals surface area contributed by atoms with E-state index in [1.807, 2.05) is 78.9 Å².